The van der Waals surface area contributed by atoms with Gasteiger partial charge in [-0.2, -0.15) is 5.10 Å². The Morgan fingerprint density at radius 2 is 2.17 bits per heavy atom. The largest absolute Gasteiger partial charge is 0.494 e. The number of hydrogen-bond acceptors (Lipinski definition) is 10. The summed E-state index contributed by atoms with van der Waals surface area (Å²) in [6, 6.07) is 1.11. The molecule has 0 spiro atoms. The molecule has 36 heavy (non-hydrogen) atoms. The van der Waals surface area contributed by atoms with Crippen molar-refractivity contribution in [1.82, 2.24) is 25.7 Å². The standard InChI is InChI=1S/C23H22F2N8O2S/c1-27-8-7-14(26)16-10-29-20(19(30-16)13-9-15(21(24)25)28-11-17(13)35-2)22(34)31-23-33-32-18(36-23)6-5-12-3-4-12/h7-12,18,21,32H,3-4,26H2,1-2H3,(H,31,33,34)/b14-7-,27-8?. The second kappa shape index (κ2) is 11.1. The Labute approximate surface area is 209 Å². The molecule has 0 radical (unpaired) electrons. The summed E-state index contributed by atoms with van der Waals surface area (Å²) in [7, 11) is 2.92. The second-order valence-corrected chi connectivity index (χ2v) is 8.75. The fourth-order valence-electron chi connectivity index (χ4n) is 3.03. The van der Waals surface area contributed by atoms with Crippen molar-refractivity contribution in [3.63, 3.8) is 0 Å². The molecular weight excluding hydrogens is 490 g/mol. The van der Waals surface area contributed by atoms with Crippen molar-refractivity contribution in [3.05, 3.63) is 41.6 Å². The van der Waals surface area contributed by atoms with Gasteiger partial charge in [0.2, 0.25) is 0 Å². The van der Waals surface area contributed by atoms with E-state index < -0.39 is 18.0 Å². The lowest BCUT2D eigenvalue weighted by molar-refractivity contribution is 0.0973. The number of hydrazone groups is 1. The first-order valence-corrected chi connectivity index (χ1v) is 11.7. The van der Waals surface area contributed by atoms with Gasteiger partial charge in [0.25, 0.3) is 12.3 Å². The summed E-state index contributed by atoms with van der Waals surface area (Å²) in [6.45, 7) is 0. The SMILES string of the molecule is CN=C/C=C(\N)c1cnc(C(=O)NC2=NNC(C#CC3CC3)S2)c(-c2cc(C(F)F)ncc2OC)n1. The molecule has 4 rings (SSSR count). The number of allylic oxidation sites excluding steroid dienone is 1. The van der Waals surface area contributed by atoms with Crippen LogP contribution in [0.4, 0.5) is 8.78 Å². The maximum Gasteiger partial charge on any atom is 0.280 e. The summed E-state index contributed by atoms with van der Waals surface area (Å²) in [5, 5.41) is 6.78. The van der Waals surface area contributed by atoms with Gasteiger partial charge in [0.15, 0.2) is 16.2 Å². The normalized spacial score (nSPS) is 17.4. The van der Waals surface area contributed by atoms with E-state index in [9.17, 15) is 13.6 Å². The number of aromatic nitrogens is 3. The number of hydrogen-bond donors (Lipinski definition) is 3. The number of methoxy groups -OCH3 is 1. The molecule has 1 fully saturated rings. The zero-order valence-electron chi connectivity index (χ0n) is 19.3. The minimum Gasteiger partial charge on any atom is -0.494 e. The van der Waals surface area contributed by atoms with Crippen LogP contribution in [0.1, 0.15) is 41.1 Å². The highest BCUT2D eigenvalue weighted by Gasteiger charge is 2.26. The molecule has 10 nitrogen and oxygen atoms in total. The predicted octanol–water partition coefficient (Wildman–Crippen LogP) is 2.56. The molecule has 1 saturated carbocycles. The molecule has 1 aliphatic carbocycles. The average Bonchev–Trinajstić information content (AvgIpc) is 3.62. The van der Waals surface area contributed by atoms with Crippen LogP contribution in [0.3, 0.4) is 0 Å². The number of amidine groups is 1. The van der Waals surface area contributed by atoms with Crippen LogP contribution in [-0.4, -0.2) is 51.8 Å². The van der Waals surface area contributed by atoms with Crippen LogP contribution in [0.25, 0.3) is 17.0 Å². The lowest BCUT2D eigenvalue weighted by Crippen LogP contribution is -2.29. The Hall–Kier alpha value is -4.05. The summed E-state index contributed by atoms with van der Waals surface area (Å²) >= 11 is 1.24. The number of nitrogens with zero attached hydrogens (tertiary/aromatic N) is 5. The summed E-state index contributed by atoms with van der Waals surface area (Å²) in [5.41, 5.74) is 8.77. The van der Waals surface area contributed by atoms with E-state index >= 15 is 0 Å². The Morgan fingerprint density at radius 3 is 2.86 bits per heavy atom. The van der Waals surface area contributed by atoms with E-state index in [1.165, 1.54) is 37.4 Å². The van der Waals surface area contributed by atoms with Crippen LogP contribution in [0, 0.1) is 17.8 Å². The molecular formula is C23H22F2N8O2S. The van der Waals surface area contributed by atoms with Crippen LogP contribution in [-0.2, 0) is 0 Å². The number of halogens is 2. The van der Waals surface area contributed by atoms with Crippen molar-refractivity contribution in [3.8, 4) is 28.8 Å². The van der Waals surface area contributed by atoms with Crippen LogP contribution < -0.4 is 21.2 Å². The summed E-state index contributed by atoms with van der Waals surface area (Å²) in [4.78, 5) is 29.5. The molecule has 1 unspecified atom stereocenters. The van der Waals surface area contributed by atoms with Crippen molar-refractivity contribution >= 4 is 34.7 Å². The quantitative estimate of drug-likeness (QED) is 0.396. The van der Waals surface area contributed by atoms with Gasteiger partial charge >= 0.3 is 0 Å². The van der Waals surface area contributed by atoms with Crippen molar-refractivity contribution in [2.24, 2.45) is 21.7 Å². The van der Waals surface area contributed by atoms with E-state index in [-0.39, 0.29) is 39.5 Å². The molecule has 0 saturated heterocycles. The van der Waals surface area contributed by atoms with Gasteiger partial charge in [-0.1, -0.05) is 11.8 Å². The predicted molar refractivity (Wildman–Crippen MR) is 133 cm³/mol. The van der Waals surface area contributed by atoms with Gasteiger partial charge in [0, 0.05) is 24.7 Å². The first-order chi connectivity index (χ1) is 17.4. The van der Waals surface area contributed by atoms with Gasteiger partial charge < -0.3 is 10.5 Å². The Balaban J connectivity index is 1.69. The topological polar surface area (TPSA) is 140 Å². The maximum atomic E-state index is 13.4. The number of carbonyl (C=O) groups excluding carboxylic acids is 1. The zero-order chi connectivity index (χ0) is 25.7. The van der Waals surface area contributed by atoms with Gasteiger partial charge in [0.1, 0.15) is 22.8 Å². The number of nitrogens with two attached hydrogens (primary N) is 1. The van der Waals surface area contributed by atoms with E-state index in [1.54, 1.807) is 7.05 Å². The van der Waals surface area contributed by atoms with Gasteiger partial charge in [0.05, 0.1) is 25.2 Å². The smallest absolute Gasteiger partial charge is 0.280 e. The van der Waals surface area contributed by atoms with Crippen molar-refractivity contribution < 1.29 is 18.3 Å². The van der Waals surface area contributed by atoms with E-state index in [1.807, 2.05) is 0 Å². The molecule has 0 bridgehead atoms. The Morgan fingerprint density at radius 1 is 1.36 bits per heavy atom. The summed E-state index contributed by atoms with van der Waals surface area (Å²) in [6.07, 6.45) is 4.76. The van der Waals surface area contributed by atoms with Crippen LogP contribution >= 0.6 is 11.8 Å². The molecule has 2 aliphatic rings. The van der Waals surface area contributed by atoms with Crippen LogP contribution in [0.2, 0.25) is 0 Å². The molecule has 2 aromatic heterocycles. The summed E-state index contributed by atoms with van der Waals surface area (Å²) < 4.78 is 32.2. The lowest BCUT2D eigenvalue weighted by Gasteiger charge is -2.14. The number of thioether (sulfide) groups is 1. The molecule has 13 heteroatoms. The fourth-order valence-corrected chi connectivity index (χ4v) is 3.74. The van der Waals surface area contributed by atoms with Gasteiger partial charge in [-0.25, -0.2) is 18.7 Å². The van der Waals surface area contributed by atoms with Crippen LogP contribution in [0.5, 0.6) is 5.75 Å². The molecule has 3 heterocycles. The highest BCUT2D eigenvalue weighted by molar-refractivity contribution is 8.14. The third-order valence-electron chi connectivity index (χ3n) is 5.00. The van der Waals surface area contributed by atoms with E-state index in [0.29, 0.717) is 11.1 Å². The number of alkyl halides is 2. The number of ether oxygens (including phenoxy) is 1. The number of amides is 1. The number of nitrogens with one attached hydrogen (secondary N) is 2. The second-order valence-electron chi connectivity index (χ2n) is 7.65. The highest BCUT2D eigenvalue weighted by Crippen LogP contribution is 2.33. The minimum atomic E-state index is -2.85. The monoisotopic (exact) mass is 512 g/mol. The van der Waals surface area contributed by atoms with Gasteiger partial charge in [-0.15, -0.1) is 0 Å². The van der Waals surface area contributed by atoms with Crippen LogP contribution in [0.15, 0.2) is 34.6 Å². The van der Waals surface area contributed by atoms with Gasteiger partial charge in [-0.05, 0) is 36.7 Å². The maximum absolute atomic E-state index is 13.4. The molecule has 1 atom stereocenters. The first-order valence-electron chi connectivity index (χ1n) is 10.8. The molecule has 1 amide bonds. The third-order valence-corrected chi connectivity index (χ3v) is 5.88. The van der Waals surface area contributed by atoms with Crippen molar-refractivity contribution in [2.75, 3.05) is 14.2 Å². The first kappa shape index (κ1) is 25.1. The number of aliphatic imine (C=N–C) groups is 1. The molecule has 0 aromatic carbocycles. The number of carbonyl (C=O) groups is 1. The zero-order valence-corrected chi connectivity index (χ0v) is 20.1. The number of pyridine rings is 1. The molecule has 186 valence electrons. The number of rotatable bonds is 6. The fraction of sp³-hybridized carbons (Fsp3) is 0.304. The van der Waals surface area contributed by atoms with E-state index in [2.05, 4.69) is 47.6 Å². The van der Waals surface area contributed by atoms with Gasteiger partial charge in [-0.3, -0.25) is 25.5 Å². The molecule has 2 aromatic rings. The van der Waals surface area contributed by atoms with E-state index in [4.69, 9.17) is 10.5 Å². The highest BCUT2D eigenvalue weighted by atomic mass is 32.2. The summed E-state index contributed by atoms with van der Waals surface area (Å²) in [5.74, 6) is 6.13. The van der Waals surface area contributed by atoms with Crippen molar-refractivity contribution in [1.29, 1.82) is 0 Å². The Kier molecular flexibility index (Phi) is 7.74. The Bertz CT molecular complexity index is 1310. The molecule has 1 aliphatic heterocycles. The molecule has 4 N–H and O–H groups in total. The minimum absolute atomic E-state index is 0.0161. The average molecular weight is 513 g/mol. The third kappa shape index (κ3) is 5.95. The van der Waals surface area contributed by atoms with E-state index in [0.717, 1.165) is 25.1 Å². The van der Waals surface area contributed by atoms with Crippen molar-refractivity contribution in [2.45, 2.75) is 24.6 Å². The lowest BCUT2D eigenvalue weighted by atomic mass is 10.1.